The third-order valence-electron chi connectivity index (χ3n) is 3.55. The van der Waals surface area contributed by atoms with Gasteiger partial charge in [0.2, 0.25) is 5.91 Å². The first-order valence-electron chi connectivity index (χ1n) is 6.91. The first-order chi connectivity index (χ1) is 8.89. The Morgan fingerprint density at radius 3 is 2.42 bits per heavy atom. The van der Waals surface area contributed by atoms with Crippen molar-refractivity contribution in [3.63, 3.8) is 0 Å². The van der Waals surface area contributed by atoms with Gasteiger partial charge in [0.15, 0.2) is 0 Å². The summed E-state index contributed by atoms with van der Waals surface area (Å²) in [5.41, 5.74) is 1.40. The molecule has 0 aliphatic heterocycles. The third-order valence-corrected chi connectivity index (χ3v) is 3.55. The summed E-state index contributed by atoms with van der Waals surface area (Å²) in [6.45, 7) is 10.7. The van der Waals surface area contributed by atoms with Crippen LogP contribution in [0.1, 0.15) is 33.3 Å². The molecule has 1 aromatic carbocycles. The van der Waals surface area contributed by atoms with Gasteiger partial charge in [-0.25, -0.2) is 0 Å². The van der Waals surface area contributed by atoms with Gasteiger partial charge >= 0.3 is 0 Å². The highest BCUT2D eigenvalue weighted by atomic mass is 16.1. The zero-order valence-corrected chi connectivity index (χ0v) is 12.5. The summed E-state index contributed by atoms with van der Waals surface area (Å²) in [5, 5.41) is 6.13. The van der Waals surface area contributed by atoms with Crippen molar-refractivity contribution in [1.82, 2.24) is 10.6 Å². The van der Waals surface area contributed by atoms with Crippen LogP contribution in [0, 0.1) is 11.3 Å². The molecule has 0 heterocycles. The van der Waals surface area contributed by atoms with E-state index in [-0.39, 0.29) is 11.3 Å². The molecule has 0 aromatic heterocycles. The summed E-state index contributed by atoms with van der Waals surface area (Å²) < 4.78 is 0. The molecule has 1 amide bonds. The van der Waals surface area contributed by atoms with Gasteiger partial charge < -0.3 is 10.6 Å². The van der Waals surface area contributed by atoms with E-state index in [1.807, 2.05) is 30.3 Å². The molecule has 2 N–H and O–H groups in total. The molecule has 0 spiro atoms. The second kappa shape index (κ2) is 7.29. The Bertz CT molecular complexity index is 381. The number of benzene rings is 1. The van der Waals surface area contributed by atoms with Gasteiger partial charge in [-0.05, 0) is 23.4 Å². The van der Waals surface area contributed by atoms with Crippen LogP contribution in [0.25, 0.3) is 0 Å². The van der Waals surface area contributed by atoms with Crippen LogP contribution in [-0.4, -0.2) is 19.0 Å². The molecule has 0 saturated heterocycles. The number of nitrogens with one attached hydrogen (secondary N) is 2. The number of rotatable bonds is 6. The van der Waals surface area contributed by atoms with Crippen molar-refractivity contribution >= 4 is 5.91 Å². The van der Waals surface area contributed by atoms with Gasteiger partial charge in [0.25, 0.3) is 0 Å². The molecule has 0 saturated carbocycles. The highest BCUT2D eigenvalue weighted by Crippen LogP contribution is 2.24. The molecule has 0 aliphatic carbocycles. The quantitative estimate of drug-likeness (QED) is 0.827. The van der Waals surface area contributed by atoms with E-state index in [0.29, 0.717) is 19.0 Å². The number of hydrogen-bond donors (Lipinski definition) is 2. The van der Waals surface area contributed by atoms with Crippen LogP contribution >= 0.6 is 0 Å². The van der Waals surface area contributed by atoms with Crippen molar-refractivity contribution in [2.45, 2.75) is 34.2 Å². The normalized spacial score (nSPS) is 13.1. The lowest BCUT2D eigenvalue weighted by Crippen LogP contribution is -2.37. The van der Waals surface area contributed by atoms with Gasteiger partial charge in [0, 0.05) is 6.54 Å². The lowest BCUT2D eigenvalue weighted by atomic mass is 9.82. The van der Waals surface area contributed by atoms with E-state index in [9.17, 15) is 4.79 Å². The zero-order valence-electron chi connectivity index (χ0n) is 12.5. The minimum atomic E-state index is 0.0463. The molecular weight excluding hydrogens is 236 g/mol. The van der Waals surface area contributed by atoms with Crippen LogP contribution in [0.15, 0.2) is 30.3 Å². The molecule has 1 rings (SSSR count). The molecule has 1 aromatic rings. The van der Waals surface area contributed by atoms with Crippen molar-refractivity contribution < 1.29 is 4.79 Å². The van der Waals surface area contributed by atoms with E-state index in [4.69, 9.17) is 0 Å². The lowest BCUT2D eigenvalue weighted by molar-refractivity contribution is -0.120. The zero-order chi connectivity index (χ0) is 14.3. The fourth-order valence-corrected chi connectivity index (χ4v) is 1.57. The fourth-order valence-electron chi connectivity index (χ4n) is 1.57. The summed E-state index contributed by atoms with van der Waals surface area (Å²) in [4.78, 5) is 11.7. The fraction of sp³-hybridized carbons (Fsp3) is 0.562. The summed E-state index contributed by atoms with van der Waals surface area (Å²) >= 11 is 0. The van der Waals surface area contributed by atoms with Crippen molar-refractivity contribution in [3.05, 3.63) is 35.9 Å². The van der Waals surface area contributed by atoms with Crippen LogP contribution in [0.3, 0.4) is 0 Å². The van der Waals surface area contributed by atoms with Gasteiger partial charge in [0.1, 0.15) is 0 Å². The second-order valence-electron chi connectivity index (χ2n) is 6.16. The number of carbonyl (C=O) groups excluding carboxylic acids is 1. The number of amides is 1. The van der Waals surface area contributed by atoms with E-state index < -0.39 is 0 Å². The van der Waals surface area contributed by atoms with Gasteiger partial charge in [-0.1, -0.05) is 58.0 Å². The maximum Gasteiger partial charge on any atom is 0.234 e. The maximum atomic E-state index is 11.7. The second-order valence-corrected chi connectivity index (χ2v) is 6.16. The molecule has 0 bridgehead atoms. The molecule has 0 aliphatic rings. The van der Waals surface area contributed by atoms with Crippen LogP contribution in [0.2, 0.25) is 0 Å². The molecule has 0 fully saturated rings. The highest BCUT2D eigenvalue weighted by molar-refractivity contribution is 5.77. The predicted molar refractivity (Wildman–Crippen MR) is 79.8 cm³/mol. The van der Waals surface area contributed by atoms with Gasteiger partial charge in [-0.15, -0.1) is 0 Å². The Kier molecular flexibility index (Phi) is 6.03. The number of hydrogen-bond acceptors (Lipinski definition) is 2. The van der Waals surface area contributed by atoms with E-state index in [1.165, 1.54) is 0 Å². The molecule has 3 nitrogen and oxygen atoms in total. The van der Waals surface area contributed by atoms with Crippen molar-refractivity contribution in [2.75, 3.05) is 13.1 Å². The number of carbonyl (C=O) groups is 1. The van der Waals surface area contributed by atoms with E-state index in [2.05, 4.69) is 38.3 Å². The average molecular weight is 262 g/mol. The van der Waals surface area contributed by atoms with Crippen LogP contribution in [0.4, 0.5) is 0 Å². The lowest BCUT2D eigenvalue weighted by Gasteiger charge is -2.27. The van der Waals surface area contributed by atoms with Gasteiger partial charge in [-0.3, -0.25) is 4.79 Å². The Labute approximate surface area is 116 Å². The molecular formula is C16H26N2O. The first kappa shape index (κ1) is 15.7. The molecule has 19 heavy (non-hydrogen) atoms. The first-order valence-corrected chi connectivity index (χ1v) is 6.91. The van der Waals surface area contributed by atoms with Crippen molar-refractivity contribution in [2.24, 2.45) is 11.3 Å². The average Bonchev–Trinajstić information content (AvgIpc) is 2.36. The molecule has 1 unspecified atom stereocenters. The summed E-state index contributed by atoms with van der Waals surface area (Å²) in [7, 11) is 0. The van der Waals surface area contributed by atoms with Gasteiger partial charge in [0.05, 0.1) is 6.54 Å². The monoisotopic (exact) mass is 262 g/mol. The predicted octanol–water partition coefficient (Wildman–Crippen LogP) is 2.57. The van der Waals surface area contributed by atoms with E-state index in [1.54, 1.807) is 0 Å². The van der Waals surface area contributed by atoms with E-state index in [0.717, 1.165) is 12.1 Å². The van der Waals surface area contributed by atoms with Crippen molar-refractivity contribution in [1.29, 1.82) is 0 Å². The Morgan fingerprint density at radius 2 is 1.84 bits per heavy atom. The van der Waals surface area contributed by atoms with E-state index >= 15 is 0 Å². The molecule has 106 valence electrons. The summed E-state index contributed by atoms with van der Waals surface area (Å²) in [6, 6.07) is 9.95. The topological polar surface area (TPSA) is 41.1 Å². The largest absolute Gasteiger partial charge is 0.351 e. The smallest absolute Gasteiger partial charge is 0.234 e. The molecule has 1 atom stereocenters. The Balaban J connectivity index is 2.19. The van der Waals surface area contributed by atoms with Crippen molar-refractivity contribution in [3.8, 4) is 0 Å². The maximum absolute atomic E-state index is 11.7. The molecule has 3 heteroatoms. The summed E-state index contributed by atoms with van der Waals surface area (Å²) in [6.07, 6.45) is 0. The summed E-state index contributed by atoms with van der Waals surface area (Å²) in [5.74, 6) is 0.583. The van der Waals surface area contributed by atoms with Crippen LogP contribution in [0.5, 0.6) is 0 Å². The van der Waals surface area contributed by atoms with Crippen LogP contribution in [-0.2, 0) is 11.3 Å². The Hall–Kier alpha value is -1.35. The SMILES string of the molecule is CC(CNCC(=O)NCc1ccccc1)C(C)(C)C. The third kappa shape index (κ3) is 6.39. The Morgan fingerprint density at radius 1 is 1.21 bits per heavy atom. The standard InChI is InChI=1S/C16H26N2O/c1-13(16(2,3)4)10-17-12-15(19)18-11-14-8-6-5-7-9-14/h5-9,13,17H,10-12H2,1-4H3,(H,18,19). The van der Waals surface area contributed by atoms with Crippen LogP contribution < -0.4 is 10.6 Å². The molecule has 0 radical (unpaired) electrons. The highest BCUT2D eigenvalue weighted by Gasteiger charge is 2.19. The minimum Gasteiger partial charge on any atom is -0.351 e. The minimum absolute atomic E-state index is 0.0463. The van der Waals surface area contributed by atoms with Gasteiger partial charge in [-0.2, -0.15) is 0 Å².